The fraction of sp³-hybridized carbons (Fsp3) is 0.400. The van der Waals surface area contributed by atoms with Crippen LogP contribution in [-0.4, -0.2) is 35.8 Å². The van der Waals surface area contributed by atoms with Gasteiger partial charge in [-0.2, -0.15) is 0 Å². The first-order chi connectivity index (χ1) is 13.6. The highest BCUT2D eigenvalue weighted by Gasteiger charge is 2.26. The number of fused-ring (bicyclic) bond motifs is 1. The van der Waals surface area contributed by atoms with Gasteiger partial charge in [0, 0.05) is 26.1 Å². The topological polar surface area (TPSA) is 75.2 Å². The van der Waals surface area contributed by atoms with Gasteiger partial charge in [-0.05, 0) is 35.4 Å². The maximum atomic E-state index is 12.7. The Morgan fingerprint density at radius 3 is 2.61 bits per heavy atom. The van der Waals surface area contributed by atoms with Gasteiger partial charge in [-0.15, -0.1) is 11.3 Å². The Balaban J connectivity index is 1.56. The molecule has 148 valence electrons. The summed E-state index contributed by atoms with van der Waals surface area (Å²) in [7, 11) is -3.27. The Morgan fingerprint density at radius 1 is 1.11 bits per heavy atom. The Kier molecular flexibility index (Phi) is 5.61. The van der Waals surface area contributed by atoms with E-state index in [-0.39, 0.29) is 5.75 Å². The second-order valence-corrected chi connectivity index (χ2v) is 9.83. The predicted molar refractivity (Wildman–Crippen MR) is 114 cm³/mol. The van der Waals surface area contributed by atoms with Crippen molar-refractivity contribution >= 4 is 37.4 Å². The van der Waals surface area contributed by atoms with Crippen LogP contribution >= 0.6 is 11.3 Å². The second-order valence-electron chi connectivity index (χ2n) is 6.97. The van der Waals surface area contributed by atoms with Crippen molar-refractivity contribution in [2.75, 3.05) is 18.4 Å². The Hall–Kier alpha value is -2.03. The van der Waals surface area contributed by atoms with Gasteiger partial charge < -0.3 is 5.32 Å². The van der Waals surface area contributed by atoms with Crippen molar-refractivity contribution in [1.82, 2.24) is 14.3 Å². The summed E-state index contributed by atoms with van der Waals surface area (Å²) in [5.41, 5.74) is 1.82. The van der Waals surface area contributed by atoms with Crippen LogP contribution in [0.15, 0.2) is 35.7 Å². The quantitative estimate of drug-likeness (QED) is 0.634. The number of nitrogens with zero attached hydrogens (tertiary/aromatic N) is 3. The smallest absolute Gasteiger partial charge is 0.218 e. The standard InChI is InChI=1S/C20H24N4O2S2/c1-2-18-22-19(17-9-12-27-20(17)23-18)21-13-15-7-3-4-8-16(15)14-28(25,26)24-10-5-6-11-24/h3-4,7-9,12H,2,5-6,10-11,13-14H2,1H3,(H,21,22,23). The minimum atomic E-state index is -3.27. The zero-order valence-electron chi connectivity index (χ0n) is 15.9. The summed E-state index contributed by atoms with van der Waals surface area (Å²) in [6, 6.07) is 9.75. The van der Waals surface area contributed by atoms with Gasteiger partial charge in [-0.25, -0.2) is 22.7 Å². The Labute approximate surface area is 169 Å². The Morgan fingerprint density at radius 2 is 1.86 bits per heavy atom. The first kappa shape index (κ1) is 19.3. The molecule has 0 aliphatic carbocycles. The molecule has 6 nitrogen and oxygen atoms in total. The molecule has 0 saturated carbocycles. The van der Waals surface area contributed by atoms with Crippen molar-refractivity contribution in [3.63, 3.8) is 0 Å². The molecule has 1 aliphatic rings. The van der Waals surface area contributed by atoms with Gasteiger partial charge in [-0.1, -0.05) is 31.2 Å². The molecule has 1 aromatic carbocycles. The molecule has 1 fully saturated rings. The highest BCUT2D eigenvalue weighted by molar-refractivity contribution is 7.88. The summed E-state index contributed by atoms with van der Waals surface area (Å²) < 4.78 is 27.1. The molecule has 1 N–H and O–H groups in total. The van der Waals surface area contributed by atoms with Crippen molar-refractivity contribution in [2.45, 2.75) is 38.5 Å². The molecule has 0 unspecified atom stereocenters. The number of hydrogen-bond donors (Lipinski definition) is 1. The molecule has 8 heteroatoms. The SMILES string of the molecule is CCc1nc(NCc2ccccc2CS(=O)(=O)N2CCCC2)c2ccsc2n1. The van der Waals surface area contributed by atoms with Crippen molar-refractivity contribution < 1.29 is 8.42 Å². The van der Waals surface area contributed by atoms with Crippen molar-refractivity contribution in [3.05, 3.63) is 52.7 Å². The molecule has 2 aromatic heterocycles. The fourth-order valence-corrected chi connectivity index (χ4v) is 5.95. The predicted octanol–water partition coefficient (Wildman–Crippen LogP) is 3.79. The van der Waals surface area contributed by atoms with Gasteiger partial charge in [0.15, 0.2) is 0 Å². The molecule has 0 spiro atoms. The number of aromatic nitrogens is 2. The first-order valence-corrected chi connectivity index (χ1v) is 12.1. The lowest BCUT2D eigenvalue weighted by Crippen LogP contribution is -2.29. The molecule has 3 aromatic rings. The number of aryl methyl sites for hydroxylation is 1. The van der Waals surface area contributed by atoms with Gasteiger partial charge in [0.1, 0.15) is 16.5 Å². The number of nitrogens with one attached hydrogen (secondary N) is 1. The summed E-state index contributed by atoms with van der Waals surface area (Å²) in [6.45, 7) is 3.84. The lowest BCUT2D eigenvalue weighted by atomic mass is 10.1. The van der Waals surface area contributed by atoms with Crippen molar-refractivity contribution in [2.24, 2.45) is 0 Å². The first-order valence-electron chi connectivity index (χ1n) is 9.59. The van der Waals surface area contributed by atoms with Crippen LogP contribution in [0.1, 0.15) is 36.7 Å². The van der Waals surface area contributed by atoms with Crippen molar-refractivity contribution in [3.8, 4) is 0 Å². The largest absolute Gasteiger partial charge is 0.365 e. The van der Waals surface area contributed by atoms with E-state index in [1.807, 2.05) is 42.6 Å². The van der Waals surface area contributed by atoms with E-state index < -0.39 is 10.0 Å². The normalized spacial score (nSPS) is 15.3. The minimum absolute atomic E-state index is 0.0443. The molecule has 1 aliphatic heterocycles. The van der Waals surface area contributed by atoms with E-state index in [0.29, 0.717) is 19.6 Å². The molecule has 4 rings (SSSR count). The highest BCUT2D eigenvalue weighted by atomic mass is 32.2. The number of benzene rings is 1. The van der Waals surface area contributed by atoms with Crippen LogP contribution in [0.25, 0.3) is 10.2 Å². The monoisotopic (exact) mass is 416 g/mol. The number of sulfonamides is 1. The maximum absolute atomic E-state index is 12.7. The van der Waals surface area contributed by atoms with E-state index >= 15 is 0 Å². The van der Waals surface area contributed by atoms with Crippen LogP contribution in [-0.2, 0) is 28.7 Å². The van der Waals surface area contributed by atoms with Crippen molar-refractivity contribution in [1.29, 1.82) is 0 Å². The third kappa shape index (κ3) is 4.04. The number of anilines is 1. The summed E-state index contributed by atoms with van der Waals surface area (Å²) in [4.78, 5) is 10.2. The lowest BCUT2D eigenvalue weighted by molar-refractivity contribution is 0.476. The van der Waals surface area contributed by atoms with Gasteiger partial charge in [0.05, 0.1) is 11.1 Å². The van der Waals surface area contributed by atoms with Crippen LogP contribution in [0.3, 0.4) is 0 Å². The maximum Gasteiger partial charge on any atom is 0.218 e. The highest BCUT2D eigenvalue weighted by Crippen LogP contribution is 2.26. The van der Waals surface area contributed by atoms with Gasteiger partial charge in [0.2, 0.25) is 10.0 Å². The number of thiophene rings is 1. The van der Waals surface area contributed by atoms with Crippen LogP contribution in [0, 0.1) is 0 Å². The van der Waals surface area contributed by atoms with Crippen LogP contribution < -0.4 is 5.32 Å². The second kappa shape index (κ2) is 8.14. The molecule has 0 amide bonds. The third-order valence-electron chi connectivity index (χ3n) is 5.05. The lowest BCUT2D eigenvalue weighted by Gasteiger charge is -2.17. The van der Waals surface area contributed by atoms with E-state index in [9.17, 15) is 8.42 Å². The molecule has 3 heterocycles. The average molecular weight is 417 g/mol. The average Bonchev–Trinajstić information content (AvgIpc) is 3.38. The minimum Gasteiger partial charge on any atom is -0.365 e. The van der Waals surface area contributed by atoms with E-state index in [4.69, 9.17) is 0 Å². The number of hydrogen-bond acceptors (Lipinski definition) is 6. The Bertz CT molecular complexity index is 1070. The van der Waals surface area contributed by atoms with E-state index in [0.717, 1.165) is 52.2 Å². The molecule has 0 atom stereocenters. The van der Waals surface area contributed by atoms with Crippen LogP contribution in [0.5, 0.6) is 0 Å². The zero-order chi connectivity index (χ0) is 19.6. The molecular formula is C20H24N4O2S2. The summed E-state index contributed by atoms with van der Waals surface area (Å²) in [5.74, 6) is 1.66. The van der Waals surface area contributed by atoms with Crippen LogP contribution in [0.4, 0.5) is 5.82 Å². The van der Waals surface area contributed by atoms with Gasteiger partial charge in [0.25, 0.3) is 0 Å². The fourth-order valence-electron chi connectivity index (χ4n) is 3.50. The van der Waals surface area contributed by atoms with Crippen LogP contribution in [0.2, 0.25) is 0 Å². The molecular weight excluding hydrogens is 392 g/mol. The van der Waals surface area contributed by atoms with E-state index in [1.54, 1.807) is 15.6 Å². The van der Waals surface area contributed by atoms with E-state index in [1.165, 1.54) is 0 Å². The third-order valence-corrected chi connectivity index (χ3v) is 7.68. The molecule has 0 bridgehead atoms. The van der Waals surface area contributed by atoms with Gasteiger partial charge >= 0.3 is 0 Å². The summed E-state index contributed by atoms with van der Waals surface area (Å²) >= 11 is 1.60. The van der Waals surface area contributed by atoms with Gasteiger partial charge in [-0.3, -0.25) is 0 Å². The molecule has 1 saturated heterocycles. The summed E-state index contributed by atoms with van der Waals surface area (Å²) in [5, 5.41) is 6.43. The number of rotatable bonds is 7. The van der Waals surface area contributed by atoms with E-state index in [2.05, 4.69) is 15.3 Å². The zero-order valence-corrected chi connectivity index (χ0v) is 17.5. The molecule has 28 heavy (non-hydrogen) atoms. The molecule has 0 radical (unpaired) electrons. The summed E-state index contributed by atoms with van der Waals surface area (Å²) in [6.07, 6.45) is 2.67.